The molecule has 2 heterocycles. The Morgan fingerprint density at radius 2 is 1.86 bits per heavy atom. The van der Waals surface area contributed by atoms with Crippen molar-refractivity contribution in [1.29, 1.82) is 0 Å². The number of rotatable bonds is 6. The lowest BCUT2D eigenvalue weighted by Gasteiger charge is -2.25. The molecule has 0 amide bonds. The molecule has 1 N–H and O–H groups in total. The van der Waals surface area contributed by atoms with Gasteiger partial charge in [0.05, 0.1) is 0 Å². The first-order valence-corrected chi connectivity index (χ1v) is 7.35. The van der Waals surface area contributed by atoms with Crippen molar-refractivity contribution in [3.8, 4) is 5.95 Å². The van der Waals surface area contributed by atoms with Crippen molar-refractivity contribution >= 4 is 17.5 Å². The minimum Gasteiger partial charge on any atom is -0.354 e. The molecular formula is C13H20ClN7. The lowest BCUT2D eigenvalue weighted by atomic mass is 9.85. The molecule has 0 bridgehead atoms. The SMILES string of the molecule is CC(C)C(CNc1nc(Cl)nc(-n2cncn2)n1)C(C)C. The first-order valence-electron chi connectivity index (χ1n) is 6.97. The summed E-state index contributed by atoms with van der Waals surface area (Å²) in [6.45, 7) is 9.65. The van der Waals surface area contributed by atoms with E-state index in [1.165, 1.54) is 17.3 Å². The van der Waals surface area contributed by atoms with Crippen molar-refractivity contribution in [2.45, 2.75) is 27.7 Å². The van der Waals surface area contributed by atoms with E-state index in [1.54, 1.807) is 0 Å². The molecule has 0 radical (unpaired) electrons. The summed E-state index contributed by atoms with van der Waals surface area (Å²) in [6.07, 6.45) is 2.93. The fourth-order valence-electron chi connectivity index (χ4n) is 2.28. The Hall–Kier alpha value is -1.76. The van der Waals surface area contributed by atoms with Crippen LogP contribution < -0.4 is 5.32 Å². The van der Waals surface area contributed by atoms with Crippen LogP contribution in [-0.4, -0.2) is 36.3 Å². The monoisotopic (exact) mass is 309 g/mol. The molecule has 0 fully saturated rings. The van der Waals surface area contributed by atoms with E-state index in [0.29, 0.717) is 29.7 Å². The highest BCUT2D eigenvalue weighted by atomic mass is 35.5. The highest BCUT2D eigenvalue weighted by molar-refractivity contribution is 6.28. The van der Waals surface area contributed by atoms with E-state index in [4.69, 9.17) is 11.6 Å². The summed E-state index contributed by atoms with van der Waals surface area (Å²) in [6, 6.07) is 0. The van der Waals surface area contributed by atoms with E-state index in [2.05, 4.69) is 58.0 Å². The summed E-state index contributed by atoms with van der Waals surface area (Å²) in [4.78, 5) is 16.3. The van der Waals surface area contributed by atoms with Crippen LogP contribution in [0.4, 0.5) is 5.95 Å². The molecule has 0 aliphatic heterocycles. The summed E-state index contributed by atoms with van der Waals surface area (Å²) < 4.78 is 1.45. The Kier molecular flexibility index (Phi) is 5.06. The molecule has 2 rings (SSSR count). The van der Waals surface area contributed by atoms with E-state index < -0.39 is 0 Å². The Morgan fingerprint density at radius 3 is 2.43 bits per heavy atom. The van der Waals surface area contributed by atoms with E-state index in [9.17, 15) is 0 Å². The molecular weight excluding hydrogens is 290 g/mol. The van der Waals surface area contributed by atoms with Crippen LogP contribution in [0.15, 0.2) is 12.7 Å². The van der Waals surface area contributed by atoms with Gasteiger partial charge in [-0.05, 0) is 29.4 Å². The Bertz CT molecular complexity index is 560. The zero-order valence-corrected chi connectivity index (χ0v) is 13.4. The van der Waals surface area contributed by atoms with E-state index in [1.807, 2.05) is 0 Å². The largest absolute Gasteiger partial charge is 0.354 e. The molecule has 7 nitrogen and oxygen atoms in total. The molecule has 0 aliphatic rings. The molecule has 2 aromatic heterocycles. The molecule has 0 saturated heterocycles. The Labute approximate surface area is 129 Å². The number of hydrogen-bond acceptors (Lipinski definition) is 6. The van der Waals surface area contributed by atoms with Gasteiger partial charge in [0.15, 0.2) is 0 Å². The maximum atomic E-state index is 5.94. The average molecular weight is 310 g/mol. The van der Waals surface area contributed by atoms with Gasteiger partial charge in [0.1, 0.15) is 12.7 Å². The van der Waals surface area contributed by atoms with Crippen LogP contribution in [0.25, 0.3) is 5.95 Å². The minimum atomic E-state index is 0.128. The molecule has 21 heavy (non-hydrogen) atoms. The molecule has 114 valence electrons. The topological polar surface area (TPSA) is 81.4 Å². The molecule has 0 aromatic carbocycles. The van der Waals surface area contributed by atoms with E-state index in [0.717, 1.165) is 6.54 Å². The quantitative estimate of drug-likeness (QED) is 0.882. The fraction of sp³-hybridized carbons (Fsp3) is 0.615. The van der Waals surface area contributed by atoms with Crippen molar-refractivity contribution in [1.82, 2.24) is 29.7 Å². The maximum Gasteiger partial charge on any atom is 0.258 e. The number of aromatic nitrogens is 6. The van der Waals surface area contributed by atoms with Gasteiger partial charge in [0.2, 0.25) is 11.2 Å². The number of nitrogens with zero attached hydrogens (tertiary/aromatic N) is 6. The third-order valence-electron chi connectivity index (χ3n) is 3.43. The van der Waals surface area contributed by atoms with Gasteiger partial charge in [-0.25, -0.2) is 4.98 Å². The average Bonchev–Trinajstić information content (AvgIpc) is 2.91. The predicted molar refractivity (Wildman–Crippen MR) is 81.4 cm³/mol. The standard InChI is InChI=1S/C13H20ClN7/c1-8(2)10(9(3)4)5-16-12-18-11(14)19-13(20-12)21-7-15-6-17-21/h6-10H,5H2,1-4H3,(H,16,18,19,20). The van der Waals surface area contributed by atoms with Crippen LogP contribution in [-0.2, 0) is 0 Å². The highest BCUT2D eigenvalue weighted by Gasteiger charge is 2.18. The van der Waals surface area contributed by atoms with Crippen molar-refractivity contribution in [2.75, 3.05) is 11.9 Å². The predicted octanol–water partition coefficient (Wildman–Crippen LogP) is 2.45. The van der Waals surface area contributed by atoms with Crippen molar-refractivity contribution in [3.05, 3.63) is 17.9 Å². The molecule has 2 aromatic rings. The van der Waals surface area contributed by atoms with Gasteiger partial charge in [0.25, 0.3) is 5.95 Å². The summed E-state index contributed by atoms with van der Waals surface area (Å²) >= 11 is 5.94. The summed E-state index contributed by atoms with van der Waals surface area (Å²) in [5, 5.41) is 7.36. The van der Waals surface area contributed by atoms with Crippen molar-refractivity contribution in [3.63, 3.8) is 0 Å². The number of nitrogens with one attached hydrogen (secondary N) is 1. The fourth-order valence-corrected chi connectivity index (χ4v) is 2.44. The van der Waals surface area contributed by atoms with Crippen LogP contribution in [0.1, 0.15) is 27.7 Å². The second-order valence-electron chi connectivity index (χ2n) is 5.60. The van der Waals surface area contributed by atoms with Gasteiger partial charge in [-0.2, -0.15) is 24.7 Å². The van der Waals surface area contributed by atoms with Crippen LogP contribution in [0.3, 0.4) is 0 Å². The van der Waals surface area contributed by atoms with Crippen LogP contribution >= 0.6 is 11.6 Å². The second-order valence-corrected chi connectivity index (χ2v) is 5.94. The molecule has 0 spiro atoms. The van der Waals surface area contributed by atoms with Gasteiger partial charge in [0, 0.05) is 6.54 Å². The lowest BCUT2D eigenvalue weighted by molar-refractivity contribution is 0.304. The summed E-state index contributed by atoms with van der Waals surface area (Å²) in [5.74, 6) is 2.47. The third kappa shape index (κ3) is 4.10. The zero-order valence-electron chi connectivity index (χ0n) is 12.7. The second kappa shape index (κ2) is 6.80. The first-order chi connectivity index (χ1) is 9.97. The van der Waals surface area contributed by atoms with Crippen LogP contribution in [0.2, 0.25) is 5.28 Å². The molecule has 0 saturated carbocycles. The minimum absolute atomic E-state index is 0.128. The van der Waals surface area contributed by atoms with Crippen LogP contribution in [0, 0.1) is 17.8 Å². The summed E-state index contributed by atoms with van der Waals surface area (Å²) in [5.41, 5.74) is 0. The number of hydrogen-bond donors (Lipinski definition) is 1. The number of anilines is 1. The Morgan fingerprint density at radius 1 is 1.14 bits per heavy atom. The normalized spacial score (nSPS) is 11.6. The van der Waals surface area contributed by atoms with Gasteiger partial charge in [-0.1, -0.05) is 27.7 Å². The van der Waals surface area contributed by atoms with Crippen molar-refractivity contribution in [2.24, 2.45) is 17.8 Å². The molecule has 0 atom stereocenters. The highest BCUT2D eigenvalue weighted by Crippen LogP contribution is 2.21. The maximum absolute atomic E-state index is 5.94. The lowest BCUT2D eigenvalue weighted by Crippen LogP contribution is -2.25. The van der Waals surface area contributed by atoms with Gasteiger partial charge in [-0.15, -0.1) is 0 Å². The smallest absolute Gasteiger partial charge is 0.258 e. The van der Waals surface area contributed by atoms with Crippen molar-refractivity contribution < 1.29 is 0 Å². The van der Waals surface area contributed by atoms with Gasteiger partial charge in [-0.3, -0.25) is 0 Å². The molecule has 0 aliphatic carbocycles. The van der Waals surface area contributed by atoms with E-state index >= 15 is 0 Å². The first kappa shape index (κ1) is 15.6. The van der Waals surface area contributed by atoms with Gasteiger partial charge >= 0.3 is 0 Å². The third-order valence-corrected chi connectivity index (χ3v) is 3.60. The molecule has 0 unspecified atom stereocenters. The molecule has 8 heteroatoms. The zero-order chi connectivity index (χ0) is 15.4. The summed E-state index contributed by atoms with van der Waals surface area (Å²) in [7, 11) is 0. The van der Waals surface area contributed by atoms with Gasteiger partial charge < -0.3 is 5.32 Å². The Balaban J connectivity index is 2.13. The van der Waals surface area contributed by atoms with E-state index in [-0.39, 0.29) is 5.28 Å². The number of halogens is 1. The van der Waals surface area contributed by atoms with Crippen LogP contribution in [0.5, 0.6) is 0 Å².